The van der Waals surface area contributed by atoms with Crippen molar-refractivity contribution in [1.82, 2.24) is 19.6 Å². The van der Waals surface area contributed by atoms with E-state index in [1.54, 1.807) is 6.20 Å². The van der Waals surface area contributed by atoms with Gasteiger partial charge in [0, 0.05) is 30.9 Å². The highest BCUT2D eigenvalue weighted by Gasteiger charge is 2.14. The minimum Gasteiger partial charge on any atom is -0.378 e. The normalized spacial score (nSPS) is 11.3. The first-order chi connectivity index (χ1) is 9.02. The standard InChI is InChI=1S/C13H20FN5/c1-5-18-13(14)12(10(4)17-18)7-15-11-6-16-19(8-11)9(2)3/h6,8-9,15H,5,7H2,1-4H3. The van der Waals surface area contributed by atoms with Gasteiger partial charge in [0.05, 0.1) is 17.6 Å². The Balaban J connectivity index is 2.07. The molecule has 6 heteroatoms. The van der Waals surface area contributed by atoms with Gasteiger partial charge in [-0.25, -0.2) is 4.68 Å². The molecule has 0 aliphatic heterocycles. The Labute approximate surface area is 112 Å². The Morgan fingerprint density at radius 3 is 2.68 bits per heavy atom. The van der Waals surface area contributed by atoms with E-state index in [9.17, 15) is 4.39 Å². The zero-order chi connectivity index (χ0) is 14.0. The maximum atomic E-state index is 14.0. The van der Waals surface area contributed by atoms with Gasteiger partial charge in [0.25, 0.3) is 0 Å². The van der Waals surface area contributed by atoms with Gasteiger partial charge in [-0.15, -0.1) is 0 Å². The van der Waals surface area contributed by atoms with Crippen molar-refractivity contribution in [3.05, 3.63) is 29.6 Å². The Kier molecular flexibility index (Phi) is 3.87. The summed E-state index contributed by atoms with van der Waals surface area (Å²) in [5.74, 6) is -0.260. The Morgan fingerprint density at radius 2 is 2.16 bits per heavy atom. The van der Waals surface area contributed by atoms with Crippen molar-refractivity contribution in [3.63, 3.8) is 0 Å². The molecule has 0 saturated heterocycles. The molecule has 0 atom stereocenters. The van der Waals surface area contributed by atoms with E-state index in [4.69, 9.17) is 0 Å². The average Bonchev–Trinajstić information content (AvgIpc) is 2.93. The minimum absolute atomic E-state index is 0.260. The summed E-state index contributed by atoms with van der Waals surface area (Å²) in [5, 5.41) is 11.6. The SMILES string of the molecule is CCn1nc(C)c(CNc2cnn(C(C)C)c2)c1F. The van der Waals surface area contributed by atoms with Crippen LogP contribution in [-0.4, -0.2) is 19.6 Å². The molecule has 19 heavy (non-hydrogen) atoms. The predicted molar refractivity (Wildman–Crippen MR) is 72.5 cm³/mol. The number of anilines is 1. The topological polar surface area (TPSA) is 47.7 Å². The summed E-state index contributed by atoms with van der Waals surface area (Å²) in [6, 6.07) is 0.317. The molecule has 2 aromatic rings. The van der Waals surface area contributed by atoms with E-state index in [-0.39, 0.29) is 5.95 Å². The monoisotopic (exact) mass is 265 g/mol. The van der Waals surface area contributed by atoms with Crippen LogP contribution in [0.15, 0.2) is 12.4 Å². The highest BCUT2D eigenvalue weighted by atomic mass is 19.1. The van der Waals surface area contributed by atoms with Gasteiger partial charge >= 0.3 is 0 Å². The van der Waals surface area contributed by atoms with Gasteiger partial charge < -0.3 is 5.32 Å². The molecule has 1 N–H and O–H groups in total. The molecule has 0 amide bonds. The van der Waals surface area contributed by atoms with E-state index in [1.165, 1.54) is 4.68 Å². The van der Waals surface area contributed by atoms with Crippen molar-refractivity contribution >= 4 is 5.69 Å². The van der Waals surface area contributed by atoms with Crippen LogP contribution in [0.1, 0.15) is 38.1 Å². The van der Waals surface area contributed by atoms with Gasteiger partial charge in [0.15, 0.2) is 0 Å². The Bertz CT molecular complexity index is 555. The highest BCUT2D eigenvalue weighted by Crippen LogP contribution is 2.16. The van der Waals surface area contributed by atoms with Crippen LogP contribution in [0.3, 0.4) is 0 Å². The maximum absolute atomic E-state index is 14.0. The second kappa shape index (κ2) is 5.42. The smallest absolute Gasteiger partial charge is 0.216 e. The fourth-order valence-electron chi connectivity index (χ4n) is 1.90. The third-order valence-electron chi connectivity index (χ3n) is 3.08. The molecule has 2 heterocycles. The predicted octanol–water partition coefficient (Wildman–Crippen LogP) is 2.74. The summed E-state index contributed by atoms with van der Waals surface area (Å²) in [6.07, 6.45) is 3.67. The molecule has 0 radical (unpaired) electrons. The van der Waals surface area contributed by atoms with E-state index in [2.05, 4.69) is 29.4 Å². The summed E-state index contributed by atoms with van der Waals surface area (Å²) in [5.41, 5.74) is 2.22. The molecule has 104 valence electrons. The largest absolute Gasteiger partial charge is 0.378 e. The van der Waals surface area contributed by atoms with Crippen LogP contribution in [0.25, 0.3) is 0 Å². The molecule has 0 aliphatic rings. The van der Waals surface area contributed by atoms with Crippen molar-refractivity contribution in [2.75, 3.05) is 5.32 Å². The number of nitrogens with zero attached hydrogens (tertiary/aromatic N) is 4. The van der Waals surface area contributed by atoms with Crippen LogP contribution in [0, 0.1) is 12.9 Å². The van der Waals surface area contributed by atoms with Gasteiger partial charge in [-0.3, -0.25) is 4.68 Å². The highest BCUT2D eigenvalue weighted by molar-refractivity contribution is 5.39. The number of aryl methyl sites for hydroxylation is 2. The molecule has 0 fully saturated rings. The third-order valence-corrected chi connectivity index (χ3v) is 3.08. The summed E-state index contributed by atoms with van der Waals surface area (Å²) < 4.78 is 17.2. The number of hydrogen-bond donors (Lipinski definition) is 1. The minimum atomic E-state index is -0.260. The van der Waals surface area contributed by atoms with Gasteiger partial charge in [0.1, 0.15) is 0 Å². The lowest BCUT2D eigenvalue weighted by molar-refractivity contribution is 0.464. The molecule has 0 bridgehead atoms. The van der Waals surface area contributed by atoms with Crippen LogP contribution in [0.4, 0.5) is 10.1 Å². The quantitative estimate of drug-likeness (QED) is 0.904. The van der Waals surface area contributed by atoms with Gasteiger partial charge in [-0.05, 0) is 27.7 Å². The number of hydrogen-bond acceptors (Lipinski definition) is 3. The number of rotatable bonds is 5. The molecule has 0 aromatic carbocycles. The van der Waals surface area contributed by atoms with Crippen molar-refractivity contribution < 1.29 is 4.39 Å². The summed E-state index contributed by atoms with van der Waals surface area (Å²) in [4.78, 5) is 0. The molecule has 5 nitrogen and oxygen atoms in total. The van der Waals surface area contributed by atoms with Crippen molar-refractivity contribution in [2.45, 2.75) is 46.8 Å². The van der Waals surface area contributed by atoms with Crippen molar-refractivity contribution in [2.24, 2.45) is 0 Å². The lowest BCUT2D eigenvalue weighted by Gasteiger charge is -2.04. The second-order valence-electron chi connectivity index (χ2n) is 4.83. The first kappa shape index (κ1) is 13.6. The molecule has 0 unspecified atom stereocenters. The van der Waals surface area contributed by atoms with E-state index in [1.807, 2.05) is 24.7 Å². The molecule has 0 spiro atoms. The van der Waals surface area contributed by atoms with Crippen molar-refractivity contribution in [3.8, 4) is 0 Å². The number of halogens is 1. The van der Waals surface area contributed by atoms with E-state index < -0.39 is 0 Å². The van der Waals surface area contributed by atoms with Crippen LogP contribution in [-0.2, 0) is 13.1 Å². The van der Waals surface area contributed by atoms with Gasteiger partial charge in [-0.1, -0.05) is 0 Å². The molecule has 0 aliphatic carbocycles. The fraction of sp³-hybridized carbons (Fsp3) is 0.538. The van der Waals surface area contributed by atoms with Crippen LogP contribution >= 0.6 is 0 Å². The summed E-state index contributed by atoms with van der Waals surface area (Å²) >= 11 is 0. The average molecular weight is 265 g/mol. The van der Waals surface area contributed by atoms with E-state index in [0.717, 1.165) is 11.4 Å². The molecule has 2 aromatic heterocycles. The second-order valence-corrected chi connectivity index (χ2v) is 4.83. The maximum Gasteiger partial charge on any atom is 0.216 e. The third kappa shape index (κ3) is 2.77. The number of nitrogens with one attached hydrogen (secondary N) is 1. The lowest BCUT2D eigenvalue weighted by atomic mass is 10.2. The first-order valence-corrected chi connectivity index (χ1v) is 6.52. The first-order valence-electron chi connectivity index (χ1n) is 6.52. The lowest BCUT2D eigenvalue weighted by Crippen LogP contribution is -2.04. The van der Waals surface area contributed by atoms with Crippen molar-refractivity contribution in [1.29, 1.82) is 0 Å². The Morgan fingerprint density at radius 1 is 1.42 bits per heavy atom. The van der Waals surface area contributed by atoms with Crippen LogP contribution in [0.2, 0.25) is 0 Å². The van der Waals surface area contributed by atoms with E-state index >= 15 is 0 Å². The van der Waals surface area contributed by atoms with Gasteiger partial charge in [-0.2, -0.15) is 14.6 Å². The van der Waals surface area contributed by atoms with Gasteiger partial charge in [0.2, 0.25) is 5.95 Å². The zero-order valence-corrected chi connectivity index (χ0v) is 11.8. The van der Waals surface area contributed by atoms with Crippen LogP contribution in [0.5, 0.6) is 0 Å². The van der Waals surface area contributed by atoms with E-state index in [0.29, 0.717) is 24.7 Å². The molecule has 0 saturated carbocycles. The fourth-order valence-corrected chi connectivity index (χ4v) is 1.90. The molecular formula is C13H20FN5. The molecular weight excluding hydrogens is 245 g/mol. The zero-order valence-electron chi connectivity index (χ0n) is 11.8. The Hall–Kier alpha value is -1.85. The number of aromatic nitrogens is 4. The molecule has 2 rings (SSSR count). The summed E-state index contributed by atoms with van der Waals surface area (Å²) in [7, 11) is 0. The summed E-state index contributed by atoms with van der Waals surface area (Å²) in [6.45, 7) is 8.78. The van der Waals surface area contributed by atoms with Crippen LogP contribution < -0.4 is 5.32 Å².